The molecule has 0 fully saturated rings. The summed E-state index contributed by atoms with van der Waals surface area (Å²) in [5.41, 5.74) is 18.2. The van der Waals surface area contributed by atoms with Gasteiger partial charge in [-0.25, -0.2) is 9.97 Å². The van der Waals surface area contributed by atoms with E-state index in [-0.39, 0.29) is 102 Å². The van der Waals surface area contributed by atoms with Crippen LogP contribution < -0.4 is 65.1 Å². The van der Waals surface area contributed by atoms with Crippen molar-refractivity contribution < 1.29 is 78.0 Å². The van der Waals surface area contributed by atoms with Gasteiger partial charge in [0.1, 0.15) is 0 Å². The van der Waals surface area contributed by atoms with Gasteiger partial charge in [0.2, 0.25) is 53.2 Å². The molecule has 0 aliphatic carbocycles. The molecule has 32 heteroatoms. The number of nitrogens with one attached hydrogen (secondary N) is 11. The number of hydrogen-bond donors (Lipinski definition) is 18. The quantitative estimate of drug-likeness (QED) is 0.0350. The zero-order valence-corrected chi connectivity index (χ0v) is 53.7. The Morgan fingerprint density at radius 2 is 0.848 bits per heavy atom. The summed E-state index contributed by atoms with van der Waals surface area (Å²) in [6.45, 7) is 9.19. The van der Waals surface area contributed by atoms with Crippen molar-refractivity contribution in [1.82, 2.24) is 67.8 Å². The van der Waals surface area contributed by atoms with E-state index in [9.17, 15) is 72.9 Å². The van der Waals surface area contributed by atoms with Crippen molar-refractivity contribution in [2.75, 3.05) is 19.7 Å². The van der Waals surface area contributed by atoms with Crippen molar-refractivity contribution in [2.45, 2.75) is 236 Å². The Bertz CT molecular complexity index is 2610. The van der Waals surface area contributed by atoms with Crippen LogP contribution in [-0.4, -0.2) is 192 Å². The topological polar surface area (TPSA) is 529 Å². The van der Waals surface area contributed by atoms with E-state index in [1.807, 2.05) is 27.7 Å². The molecule has 2 heterocycles. The fraction of sp³-hybridized carbons (Fsp3) is 0.700. The van der Waals surface area contributed by atoms with Gasteiger partial charge in [0.15, 0.2) is 0 Å². The average molecular weight is 1300 g/mol. The molecule has 2 aromatic rings. The zero-order chi connectivity index (χ0) is 68.7. The third-order valence-electron chi connectivity index (χ3n) is 14.9. The molecule has 2 rings (SSSR count). The van der Waals surface area contributed by atoms with Gasteiger partial charge in [0.25, 0.3) is 0 Å². The van der Waals surface area contributed by atoms with E-state index in [0.717, 1.165) is 0 Å². The van der Waals surface area contributed by atoms with Gasteiger partial charge in [-0.1, -0.05) is 40.5 Å². The number of nitrogens with two attached hydrogens (primary N) is 3. The second kappa shape index (κ2) is 44.4. The van der Waals surface area contributed by atoms with Crippen molar-refractivity contribution in [1.29, 1.82) is 0 Å². The normalized spacial score (nSPS) is 14.8. The van der Waals surface area contributed by atoms with Crippen LogP contribution in [0.5, 0.6) is 0 Å². The summed E-state index contributed by atoms with van der Waals surface area (Å²) in [6.07, 6.45) is 5.14. The molecule has 0 spiro atoms. The summed E-state index contributed by atoms with van der Waals surface area (Å²) in [5, 5.41) is 62.8. The molecule has 9 amide bonds. The molecule has 0 radical (unpaired) electrons. The predicted octanol–water partition coefficient (Wildman–Crippen LogP) is -1.09. The molecule has 32 nitrogen and oxygen atoms in total. The number of rotatable bonds is 50. The molecule has 21 N–H and O–H groups in total. The molecular weight excluding hydrogens is 1200 g/mol. The van der Waals surface area contributed by atoms with Crippen LogP contribution in [0.2, 0.25) is 0 Å². The molecule has 0 aromatic carbocycles. The number of aromatic nitrogens is 4. The minimum atomic E-state index is -1.30. The Morgan fingerprint density at radius 3 is 1.30 bits per heavy atom. The highest BCUT2D eigenvalue weighted by molar-refractivity contribution is 5.86. The number of aromatic amines is 2. The van der Waals surface area contributed by atoms with Crippen LogP contribution in [0.1, 0.15) is 174 Å². The highest BCUT2D eigenvalue weighted by Crippen LogP contribution is 2.17. The molecule has 2 aromatic heterocycles. The van der Waals surface area contributed by atoms with Gasteiger partial charge < -0.3 is 95.4 Å². The minimum Gasteiger partial charge on any atom is -0.481 e. The first kappa shape index (κ1) is 80.0. The number of unbranched alkanes of at least 4 members (excludes halogenated alkanes) is 1. The van der Waals surface area contributed by atoms with Gasteiger partial charge in [-0.15, -0.1) is 0 Å². The number of carboxylic acids is 3. The van der Waals surface area contributed by atoms with Crippen molar-refractivity contribution in [3.63, 3.8) is 0 Å². The third kappa shape index (κ3) is 37.3. The number of amides is 9. The summed E-state index contributed by atoms with van der Waals surface area (Å²) in [4.78, 5) is 170. The van der Waals surface area contributed by atoms with Crippen LogP contribution in [0, 0.1) is 11.8 Å². The highest BCUT2D eigenvalue weighted by atomic mass is 16.4. The Hall–Kier alpha value is -8.10. The van der Waals surface area contributed by atoms with Gasteiger partial charge in [-0.3, -0.25) is 57.5 Å². The number of carboxylic acid groups (broad SMARTS) is 3. The number of hydrogen-bond acceptors (Lipinski definition) is 18. The number of imidazole rings is 2. The van der Waals surface area contributed by atoms with Crippen LogP contribution in [0.25, 0.3) is 0 Å². The zero-order valence-electron chi connectivity index (χ0n) is 53.7. The van der Waals surface area contributed by atoms with Crippen molar-refractivity contribution in [3.8, 4) is 0 Å². The average Bonchev–Trinajstić information content (AvgIpc) is 4.35. The Labute approximate surface area is 536 Å². The predicted molar refractivity (Wildman–Crippen MR) is 336 cm³/mol. The lowest BCUT2D eigenvalue weighted by atomic mass is 9.95. The van der Waals surface area contributed by atoms with E-state index in [2.05, 4.69) is 67.8 Å². The first-order chi connectivity index (χ1) is 43.6. The van der Waals surface area contributed by atoms with Crippen LogP contribution in [0.15, 0.2) is 25.0 Å². The van der Waals surface area contributed by atoms with Crippen molar-refractivity contribution in [3.05, 3.63) is 36.4 Å². The molecule has 1 unspecified atom stereocenters. The SMILES string of the molecule is CCC(C)[C@@H](CC(=O)N[C@H](CC(=O)N[C@@H](CCCCN)CC(=O)O)Cc1cnc[nH]1)NC(=O)C[C@H](CCC(=O)O)NC(=O)C[C@H](Cc1cnc[nH]1)NC(=O)C[C@H](CC(C)C)NC(=O)C[C@H](CCCN)NC(=O)C[C@H](CC(=O)O)NC(=O)C[C@H](C)NC(=O)C[C@@H](N)CO. The number of aliphatic carboxylic acids is 3. The van der Waals surface area contributed by atoms with Gasteiger partial charge >= 0.3 is 17.9 Å². The molecular formula is C60H102N16O16. The smallest absolute Gasteiger partial charge is 0.305 e. The second-order valence-corrected chi connectivity index (χ2v) is 24.2. The monoisotopic (exact) mass is 1300 g/mol. The van der Waals surface area contributed by atoms with E-state index < -0.39 is 157 Å². The van der Waals surface area contributed by atoms with Crippen LogP contribution in [-0.2, 0) is 70.4 Å². The highest BCUT2D eigenvalue weighted by Gasteiger charge is 2.30. The standard InChI is InChI=1S/C60H102N16O16/c1-6-36(4)48(29-57(86)74-44(20-47-31-65-34-67-47)25-52(81)70-40(27-59(89)90)10-7-8-14-61)76-56(85)22-41(12-13-58(87)88)71-53(82)24-43(19-46-30-64-33-66-46)73-55(84)23-42(16-35(2)3)72-51(80)21-39(11-9-15-62)69-54(83)26-45(28-60(91)92)75-49(78)17-37(5)68-50(79)18-38(63)32-77/h30-31,33-45,48,77H,6-29,32,61-63H2,1-5H3,(H,64,66)(H,65,67)(H,68,79)(H,69,83)(H,70,81)(H,71,82)(H,72,80)(H,73,84)(H,74,86)(H,75,78)(H,76,85)(H,87,88)(H,89,90)(H,91,92)/t36?,37-,38+,39-,40-,41-,42-,43-,44-,45+,48+/m0/s1. The van der Waals surface area contributed by atoms with Crippen LogP contribution in [0.4, 0.5) is 0 Å². The number of nitrogens with zero attached hydrogens (tertiary/aromatic N) is 2. The van der Waals surface area contributed by atoms with Crippen LogP contribution >= 0.6 is 0 Å². The van der Waals surface area contributed by atoms with Gasteiger partial charge in [-0.05, 0) is 70.4 Å². The number of carbonyl (C=O) groups excluding carboxylic acids is 9. The van der Waals surface area contributed by atoms with Crippen molar-refractivity contribution >= 4 is 71.1 Å². The van der Waals surface area contributed by atoms with Crippen molar-refractivity contribution in [2.24, 2.45) is 29.0 Å². The molecule has 0 aliphatic rings. The molecule has 92 heavy (non-hydrogen) atoms. The summed E-state index contributed by atoms with van der Waals surface area (Å²) in [5.74, 6) is -9.01. The molecule has 0 saturated heterocycles. The lowest BCUT2D eigenvalue weighted by molar-refractivity contribution is -0.139. The molecule has 0 bridgehead atoms. The minimum absolute atomic E-state index is 0.0324. The third-order valence-corrected chi connectivity index (χ3v) is 14.9. The van der Waals surface area contributed by atoms with Crippen LogP contribution in [0.3, 0.4) is 0 Å². The summed E-state index contributed by atoms with van der Waals surface area (Å²) in [6, 6.07) is -8.30. The number of H-pyrrole nitrogens is 2. The van der Waals surface area contributed by atoms with E-state index >= 15 is 0 Å². The summed E-state index contributed by atoms with van der Waals surface area (Å²) < 4.78 is 0. The first-order valence-electron chi connectivity index (χ1n) is 31.6. The van der Waals surface area contributed by atoms with E-state index in [4.69, 9.17) is 22.3 Å². The van der Waals surface area contributed by atoms with E-state index in [0.29, 0.717) is 56.5 Å². The Kier molecular flexibility index (Phi) is 38.6. The molecule has 518 valence electrons. The maximum absolute atomic E-state index is 14.0. The van der Waals surface area contributed by atoms with Gasteiger partial charge in [0, 0.05) is 161 Å². The number of carbonyl (C=O) groups is 12. The maximum Gasteiger partial charge on any atom is 0.305 e. The lowest BCUT2D eigenvalue weighted by Gasteiger charge is -2.27. The Morgan fingerprint density at radius 1 is 0.457 bits per heavy atom. The second-order valence-electron chi connectivity index (χ2n) is 24.2. The van der Waals surface area contributed by atoms with E-state index in [1.165, 1.54) is 32.0 Å². The lowest BCUT2D eigenvalue weighted by Crippen LogP contribution is -2.49. The summed E-state index contributed by atoms with van der Waals surface area (Å²) in [7, 11) is 0. The molecule has 0 saturated carbocycles. The fourth-order valence-corrected chi connectivity index (χ4v) is 10.4. The fourth-order valence-electron chi connectivity index (χ4n) is 10.4. The first-order valence-corrected chi connectivity index (χ1v) is 31.6. The molecule has 11 atom stereocenters. The van der Waals surface area contributed by atoms with Gasteiger partial charge in [-0.2, -0.15) is 0 Å². The largest absolute Gasteiger partial charge is 0.481 e. The van der Waals surface area contributed by atoms with Gasteiger partial charge in [0.05, 0.1) is 32.1 Å². The summed E-state index contributed by atoms with van der Waals surface area (Å²) >= 11 is 0. The Balaban J connectivity index is 2.21. The molecule has 0 aliphatic heterocycles. The number of aliphatic hydroxyl groups excluding tert-OH is 1. The number of aliphatic hydroxyl groups is 1. The van der Waals surface area contributed by atoms with E-state index in [1.54, 1.807) is 0 Å². The maximum atomic E-state index is 14.0.